The van der Waals surface area contributed by atoms with Crippen molar-refractivity contribution in [3.8, 4) is 0 Å². The van der Waals surface area contributed by atoms with E-state index in [0.29, 0.717) is 19.1 Å². The quantitative estimate of drug-likeness (QED) is 0.761. The molecule has 1 aliphatic rings. The molecule has 1 fully saturated rings. The maximum absolute atomic E-state index is 11.9. The molecule has 128 valence electrons. The van der Waals surface area contributed by atoms with E-state index in [1.807, 2.05) is 0 Å². The Bertz CT molecular complexity index is 649. The molecule has 1 aliphatic carbocycles. The number of hydrogen-bond acceptors (Lipinski definition) is 4. The first-order valence-electron chi connectivity index (χ1n) is 8.14. The van der Waals surface area contributed by atoms with Crippen LogP contribution in [0.15, 0.2) is 21.9 Å². The van der Waals surface area contributed by atoms with E-state index < -0.39 is 5.69 Å². The lowest BCUT2D eigenvalue weighted by Crippen LogP contribution is -2.40. The van der Waals surface area contributed by atoms with Crippen LogP contribution in [0.5, 0.6) is 0 Å². The van der Waals surface area contributed by atoms with Gasteiger partial charge in [0, 0.05) is 25.9 Å². The molecular formula is C16H25N3O4. The van der Waals surface area contributed by atoms with Crippen LogP contribution in [0.1, 0.15) is 32.6 Å². The van der Waals surface area contributed by atoms with Gasteiger partial charge in [0.25, 0.3) is 5.56 Å². The Morgan fingerprint density at radius 2 is 2.09 bits per heavy atom. The highest BCUT2D eigenvalue weighted by molar-refractivity contribution is 5.75. The van der Waals surface area contributed by atoms with Crippen molar-refractivity contribution in [2.45, 2.75) is 45.3 Å². The summed E-state index contributed by atoms with van der Waals surface area (Å²) in [6.45, 7) is 2.99. The van der Waals surface area contributed by atoms with E-state index in [2.05, 4.69) is 12.2 Å². The Balaban J connectivity index is 1.74. The fourth-order valence-electron chi connectivity index (χ4n) is 2.88. The summed E-state index contributed by atoms with van der Waals surface area (Å²) in [6.07, 6.45) is 6.38. The fourth-order valence-corrected chi connectivity index (χ4v) is 2.88. The summed E-state index contributed by atoms with van der Waals surface area (Å²) < 4.78 is 8.01. The lowest BCUT2D eigenvalue weighted by atomic mass is 9.88. The molecule has 0 aliphatic heterocycles. The maximum Gasteiger partial charge on any atom is 0.331 e. The Morgan fingerprint density at radius 3 is 2.83 bits per heavy atom. The molecule has 0 aromatic carbocycles. The van der Waals surface area contributed by atoms with Gasteiger partial charge in [-0.05, 0) is 18.8 Å². The molecule has 1 N–H and O–H groups in total. The van der Waals surface area contributed by atoms with Gasteiger partial charge in [-0.2, -0.15) is 0 Å². The van der Waals surface area contributed by atoms with E-state index in [-0.39, 0.29) is 24.1 Å². The highest BCUT2D eigenvalue weighted by atomic mass is 16.5. The van der Waals surface area contributed by atoms with Crippen molar-refractivity contribution in [2.24, 2.45) is 13.0 Å². The fraction of sp³-hybridized carbons (Fsp3) is 0.688. The number of nitrogens with zero attached hydrogens (tertiary/aromatic N) is 2. The minimum absolute atomic E-state index is 0.104. The van der Waals surface area contributed by atoms with Crippen molar-refractivity contribution >= 4 is 5.91 Å². The summed E-state index contributed by atoms with van der Waals surface area (Å²) in [5, 5.41) is 2.74. The Labute approximate surface area is 135 Å². The van der Waals surface area contributed by atoms with Crippen molar-refractivity contribution in [3.63, 3.8) is 0 Å². The van der Waals surface area contributed by atoms with Crippen LogP contribution in [-0.2, 0) is 23.1 Å². The maximum atomic E-state index is 11.9. The highest BCUT2D eigenvalue weighted by Gasteiger charge is 2.21. The summed E-state index contributed by atoms with van der Waals surface area (Å²) in [5.41, 5.74) is -0.887. The number of nitrogens with one attached hydrogen (secondary N) is 1. The van der Waals surface area contributed by atoms with Gasteiger partial charge < -0.3 is 10.1 Å². The largest absolute Gasteiger partial charge is 0.376 e. The second-order valence-corrected chi connectivity index (χ2v) is 6.14. The number of ether oxygens (including phenoxy) is 1. The number of carbonyl (C=O) groups excluding carboxylic acids is 1. The zero-order valence-corrected chi connectivity index (χ0v) is 13.8. The van der Waals surface area contributed by atoms with Crippen LogP contribution in [0.2, 0.25) is 0 Å². The van der Waals surface area contributed by atoms with Crippen LogP contribution in [0.4, 0.5) is 0 Å². The molecule has 23 heavy (non-hydrogen) atoms. The van der Waals surface area contributed by atoms with Crippen LogP contribution >= 0.6 is 0 Å². The van der Waals surface area contributed by atoms with Crippen LogP contribution < -0.4 is 16.6 Å². The SMILES string of the molecule is C[C@@H]1CCCC[C@H]1OCCNC(=O)Cn1ccc(=O)n(C)c1=O. The van der Waals surface area contributed by atoms with Crippen LogP contribution in [0, 0.1) is 5.92 Å². The first kappa shape index (κ1) is 17.5. The van der Waals surface area contributed by atoms with Gasteiger partial charge in [0.15, 0.2) is 0 Å². The number of aromatic nitrogens is 2. The molecule has 2 rings (SSSR count). The van der Waals surface area contributed by atoms with E-state index in [0.717, 1.165) is 11.0 Å². The van der Waals surface area contributed by atoms with Crippen molar-refractivity contribution < 1.29 is 9.53 Å². The second kappa shape index (κ2) is 8.10. The van der Waals surface area contributed by atoms with Gasteiger partial charge in [-0.15, -0.1) is 0 Å². The Morgan fingerprint density at radius 1 is 1.35 bits per heavy atom. The molecular weight excluding hydrogens is 298 g/mol. The third-order valence-corrected chi connectivity index (χ3v) is 4.36. The second-order valence-electron chi connectivity index (χ2n) is 6.14. The molecule has 7 nitrogen and oxygen atoms in total. The molecule has 1 amide bonds. The minimum atomic E-state index is -0.500. The molecule has 2 atom stereocenters. The molecule has 1 aromatic rings. The standard InChI is InChI=1S/C16H25N3O4/c1-12-5-3-4-6-13(12)23-10-8-17-14(20)11-19-9-7-15(21)18(2)16(19)22/h7,9,12-13H,3-6,8,10-11H2,1-2H3,(H,17,20)/t12-,13-/m1/s1. The number of hydrogen-bond donors (Lipinski definition) is 1. The Kier molecular flexibility index (Phi) is 6.15. The summed E-state index contributed by atoms with van der Waals surface area (Å²) >= 11 is 0. The van der Waals surface area contributed by atoms with Gasteiger partial charge in [0.1, 0.15) is 6.54 Å². The molecule has 0 spiro atoms. The van der Waals surface area contributed by atoms with Gasteiger partial charge in [0.2, 0.25) is 5.91 Å². The lowest BCUT2D eigenvalue weighted by Gasteiger charge is -2.28. The van der Waals surface area contributed by atoms with E-state index in [1.165, 1.54) is 43.1 Å². The molecule has 1 saturated carbocycles. The van der Waals surface area contributed by atoms with Crippen LogP contribution in [0.3, 0.4) is 0 Å². The van der Waals surface area contributed by atoms with Crippen molar-refractivity contribution in [3.05, 3.63) is 33.1 Å². The van der Waals surface area contributed by atoms with Crippen LogP contribution in [-0.4, -0.2) is 34.3 Å². The van der Waals surface area contributed by atoms with Gasteiger partial charge in [-0.3, -0.25) is 18.7 Å². The van der Waals surface area contributed by atoms with Crippen LogP contribution in [0.25, 0.3) is 0 Å². The Hall–Kier alpha value is -1.89. The van der Waals surface area contributed by atoms with Gasteiger partial charge in [-0.1, -0.05) is 19.8 Å². The van der Waals surface area contributed by atoms with E-state index in [9.17, 15) is 14.4 Å². The average Bonchev–Trinajstić information content (AvgIpc) is 2.54. The highest BCUT2D eigenvalue weighted by Crippen LogP contribution is 2.25. The first-order chi connectivity index (χ1) is 11.0. The zero-order chi connectivity index (χ0) is 16.8. The smallest absolute Gasteiger partial charge is 0.331 e. The zero-order valence-electron chi connectivity index (χ0n) is 13.8. The van der Waals surface area contributed by atoms with E-state index >= 15 is 0 Å². The van der Waals surface area contributed by atoms with E-state index in [4.69, 9.17) is 4.74 Å². The summed E-state index contributed by atoms with van der Waals surface area (Å²) in [6, 6.07) is 1.27. The van der Waals surface area contributed by atoms with Gasteiger partial charge >= 0.3 is 5.69 Å². The van der Waals surface area contributed by atoms with Gasteiger partial charge in [-0.25, -0.2) is 4.79 Å². The summed E-state index contributed by atoms with van der Waals surface area (Å²) in [4.78, 5) is 35.0. The van der Waals surface area contributed by atoms with Crippen molar-refractivity contribution in [1.29, 1.82) is 0 Å². The minimum Gasteiger partial charge on any atom is -0.376 e. The first-order valence-corrected chi connectivity index (χ1v) is 8.14. The molecule has 0 saturated heterocycles. The average molecular weight is 323 g/mol. The lowest BCUT2D eigenvalue weighted by molar-refractivity contribution is -0.122. The predicted molar refractivity (Wildman–Crippen MR) is 86.3 cm³/mol. The van der Waals surface area contributed by atoms with Crippen molar-refractivity contribution in [1.82, 2.24) is 14.5 Å². The molecule has 7 heteroatoms. The molecule has 0 unspecified atom stereocenters. The number of amides is 1. The number of carbonyl (C=O) groups is 1. The van der Waals surface area contributed by atoms with Gasteiger partial charge in [0.05, 0.1) is 12.7 Å². The predicted octanol–water partition coefficient (Wildman–Crippen LogP) is 0.259. The molecule has 0 bridgehead atoms. The molecule has 0 radical (unpaired) electrons. The summed E-state index contributed by atoms with van der Waals surface area (Å²) in [7, 11) is 1.39. The molecule has 1 heterocycles. The van der Waals surface area contributed by atoms with E-state index in [1.54, 1.807) is 0 Å². The number of rotatable bonds is 6. The third kappa shape index (κ3) is 4.79. The topological polar surface area (TPSA) is 82.3 Å². The third-order valence-electron chi connectivity index (χ3n) is 4.36. The van der Waals surface area contributed by atoms with Crippen molar-refractivity contribution in [2.75, 3.05) is 13.2 Å². The summed E-state index contributed by atoms with van der Waals surface area (Å²) in [5.74, 6) is 0.301. The normalized spacial score (nSPS) is 21.1. The monoisotopic (exact) mass is 323 g/mol. The molecule has 1 aromatic heterocycles.